The highest BCUT2D eigenvalue weighted by Gasteiger charge is 2.21. The van der Waals surface area contributed by atoms with Gasteiger partial charge in [-0.25, -0.2) is 0 Å². The summed E-state index contributed by atoms with van der Waals surface area (Å²) >= 11 is 3.41. The summed E-state index contributed by atoms with van der Waals surface area (Å²) in [4.78, 5) is 25.9. The van der Waals surface area contributed by atoms with E-state index >= 15 is 0 Å². The van der Waals surface area contributed by atoms with Crippen LogP contribution in [0.1, 0.15) is 32.2 Å². The Morgan fingerprint density at radius 3 is 2.43 bits per heavy atom. The maximum Gasteiger partial charge on any atom is 0.291 e. The van der Waals surface area contributed by atoms with Crippen LogP contribution in [0.15, 0.2) is 74.0 Å². The number of ether oxygens (including phenoxy) is 2. The molecule has 5 rings (SSSR count). The molecule has 0 aliphatic carbocycles. The number of nitrogens with one attached hydrogen (secondary N) is 1. The number of anilines is 1. The van der Waals surface area contributed by atoms with Crippen LogP contribution in [0.3, 0.4) is 0 Å². The van der Waals surface area contributed by atoms with E-state index in [9.17, 15) is 9.59 Å². The second kappa shape index (κ2) is 8.96. The number of methoxy groups -OCH3 is 2. The Morgan fingerprint density at radius 1 is 0.857 bits per heavy atom. The molecule has 0 fully saturated rings. The lowest BCUT2D eigenvalue weighted by Crippen LogP contribution is -2.10. The Hall–Kier alpha value is -4.04. The van der Waals surface area contributed by atoms with Gasteiger partial charge >= 0.3 is 0 Å². The Balaban J connectivity index is 1.43. The zero-order valence-electron chi connectivity index (χ0n) is 19.1. The molecule has 1 amide bonds. The molecule has 8 heteroatoms. The molecular weight excluding hydrogens is 514 g/mol. The normalized spacial score (nSPS) is 11.1. The van der Waals surface area contributed by atoms with Crippen LogP contribution in [0.5, 0.6) is 11.5 Å². The van der Waals surface area contributed by atoms with E-state index in [1.165, 1.54) is 14.2 Å². The lowest BCUT2D eigenvalue weighted by atomic mass is 10.0. The van der Waals surface area contributed by atoms with Gasteiger partial charge in [0.2, 0.25) is 5.78 Å². The van der Waals surface area contributed by atoms with Crippen molar-refractivity contribution in [1.29, 1.82) is 0 Å². The van der Waals surface area contributed by atoms with Crippen molar-refractivity contribution in [1.82, 2.24) is 0 Å². The highest BCUT2D eigenvalue weighted by atomic mass is 79.9. The summed E-state index contributed by atoms with van der Waals surface area (Å²) in [5, 5.41) is 4.42. The Kier molecular flexibility index (Phi) is 5.82. The summed E-state index contributed by atoms with van der Waals surface area (Å²) in [5.41, 5.74) is 2.74. The SMILES string of the molecule is COc1ccc(C(=O)c2oc3cc(NC(=O)c4cc5cc(Br)ccc5o4)ccc3c2C)cc1OC. The third kappa shape index (κ3) is 4.17. The summed E-state index contributed by atoms with van der Waals surface area (Å²) in [6.45, 7) is 1.82. The van der Waals surface area contributed by atoms with E-state index < -0.39 is 0 Å². The van der Waals surface area contributed by atoms with Crippen molar-refractivity contribution in [2.45, 2.75) is 6.92 Å². The van der Waals surface area contributed by atoms with Crippen molar-refractivity contribution < 1.29 is 27.9 Å². The predicted molar refractivity (Wildman–Crippen MR) is 136 cm³/mol. The maximum atomic E-state index is 13.2. The van der Waals surface area contributed by atoms with Crippen LogP contribution in [0.2, 0.25) is 0 Å². The molecule has 2 aromatic heterocycles. The number of hydrogen-bond acceptors (Lipinski definition) is 6. The highest BCUT2D eigenvalue weighted by Crippen LogP contribution is 2.32. The number of fused-ring (bicyclic) bond motifs is 2. The number of halogens is 1. The van der Waals surface area contributed by atoms with E-state index in [1.54, 1.807) is 42.5 Å². The van der Waals surface area contributed by atoms with Crippen molar-refractivity contribution in [3.8, 4) is 11.5 Å². The summed E-state index contributed by atoms with van der Waals surface area (Å²) in [6, 6.07) is 17.4. The van der Waals surface area contributed by atoms with E-state index in [0.717, 1.165) is 15.2 Å². The van der Waals surface area contributed by atoms with Gasteiger partial charge in [0.05, 0.1) is 14.2 Å². The standard InChI is InChI=1S/C27H20BrNO6/c1-14-19-7-6-18(29-27(31)24-12-16-10-17(28)5-9-20(16)34-24)13-22(19)35-26(14)25(30)15-4-8-21(32-2)23(11-15)33-3/h4-13H,1-3H3,(H,29,31). The van der Waals surface area contributed by atoms with Gasteiger partial charge in [-0.05, 0) is 61.5 Å². The molecule has 0 atom stereocenters. The van der Waals surface area contributed by atoms with Crippen LogP contribution in [0.25, 0.3) is 21.9 Å². The third-order valence-corrected chi connectivity index (χ3v) is 6.24. The quantitative estimate of drug-likeness (QED) is 0.243. The van der Waals surface area contributed by atoms with E-state index in [2.05, 4.69) is 21.2 Å². The number of furan rings is 2. The van der Waals surface area contributed by atoms with Crippen LogP contribution in [-0.4, -0.2) is 25.9 Å². The van der Waals surface area contributed by atoms with Crippen LogP contribution < -0.4 is 14.8 Å². The van der Waals surface area contributed by atoms with Crippen LogP contribution in [0, 0.1) is 6.92 Å². The summed E-state index contributed by atoms with van der Waals surface area (Å²) < 4.78 is 23.0. The molecule has 1 N–H and O–H groups in total. The number of aryl methyl sites for hydroxylation is 1. The lowest BCUT2D eigenvalue weighted by molar-refractivity contribution is 0.0995. The number of amides is 1. The van der Waals surface area contributed by atoms with Gasteiger partial charge < -0.3 is 23.6 Å². The highest BCUT2D eigenvalue weighted by molar-refractivity contribution is 9.10. The summed E-state index contributed by atoms with van der Waals surface area (Å²) in [7, 11) is 3.05. The van der Waals surface area contributed by atoms with E-state index in [0.29, 0.717) is 39.5 Å². The smallest absolute Gasteiger partial charge is 0.291 e. The largest absolute Gasteiger partial charge is 0.493 e. The molecule has 0 radical (unpaired) electrons. The van der Waals surface area contributed by atoms with Gasteiger partial charge in [-0.1, -0.05) is 15.9 Å². The molecule has 0 unspecified atom stereocenters. The first-order valence-corrected chi connectivity index (χ1v) is 11.5. The number of benzene rings is 3. The molecular formula is C27H20BrNO6. The van der Waals surface area contributed by atoms with Crippen molar-refractivity contribution in [2.75, 3.05) is 19.5 Å². The first kappa shape index (κ1) is 22.7. The maximum absolute atomic E-state index is 13.2. The molecule has 0 saturated carbocycles. The van der Waals surface area contributed by atoms with Gasteiger partial charge in [0.1, 0.15) is 11.2 Å². The van der Waals surface area contributed by atoms with Crippen LogP contribution in [-0.2, 0) is 0 Å². The minimum absolute atomic E-state index is 0.193. The predicted octanol–water partition coefficient (Wildman–Crippen LogP) is 6.75. The van der Waals surface area contributed by atoms with E-state index in [-0.39, 0.29) is 23.2 Å². The van der Waals surface area contributed by atoms with Crippen LogP contribution in [0.4, 0.5) is 5.69 Å². The molecule has 0 spiro atoms. The minimum Gasteiger partial charge on any atom is -0.493 e. The molecule has 35 heavy (non-hydrogen) atoms. The van der Waals surface area contributed by atoms with E-state index in [4.69, 9.17) is 18.3 Å². The number of carbonyl (C=O) groups excluding carboxylic acids is 2. The minimum atomic E-state index is -0.387. The zero-order chi connectivity index (χ0) is 24.7. The number of rotatable bonds is 6. The number of hydrogen-bond donors (Lipinski definition) is 1. The van der Waals surface area contributed by atoms with Gasteiger partial charge in [0, 0.05) is 38.1 Å². The van der Waals surface area contributed by atoms with Crippen LogP contribution >= 0.6 is 15.9 Å². The fraction of sp³-hybridized carbons (Fsp3) is 0.111. The fourth-order valence-electron chi connectivity index (χ4n) is 3.95. The molecule has 0 aliphatic heterocycles. The van der Waals surface area contributed by atoms with Gasteiger partial charge in [0.25, 0.3) is 5.91 Å². The Labute approximate surface area is 208 Å². The van der Waals surface area contributed by atoms with Gasteiger partial charge in [-0.2, -0.15) is 0 Å². The first-order chi connectivity index (χ1) is 16.9. The topological polar surface area (TPSA) is 90.9 Å². The van der Waals surface area contributed by atoms with Gasteiger partial charge in [-0.3, -0.25) is 9.59 Å². The molecule has 2 heterocycles. The molecule has 0 aliphatic rings. The number of carbonyl (C=O) groups is 2. The van der Waals surface area contributed by atoms with Crippen molar-refractivity contribution in [3.05, 3.63) is 87.8 Å². The molecule has 176 valence electrons. The van der Waals surface area contributed by atoms with Gasteiger partial charge in [0.15, 0.2) is 23.0 Å². The monoisotopic (exact) mass is 533 g/mol. The second-order valence-electron chi connectivity index (χ2n) is 7.91. The molecule has 7 nitrogen and oxygen atoms in total. The molecule has 0 bridgehead atoms. The Bertz CT molecular complexity index is 1610. The van der Waals surface area contributed by atoms with E-state index in [1.807, 2.05) is 25.1 Å². The van der Waals surface area contributed by atoms with Gasteiger partial charge in [-0.15, -0.1) is 0 Å². The third-order valence-electron chi connectivity index (χ3n) is 5.75. The second-order valence-corrected chi connectivity index (χ2v) is 8.83. The first-order valence-electron chi connectivity index (χ1n) is 10.7. The van der Waals surface area contributed by atoms with Crippen molar-refractivity contribution >= 4 is 55.2 Å². The summed E-state index contributed by atoms with van der Waals surface area (Å²) in [6.07, 6.45) is 0. The average molecular weight is 534 g/mol. The molecule has 0 saturated heterocycles. The van der Waals surface area contributed by atoms with Crippen molar-refractivity contribution in [2.24, 2.45) is 0 Å². The Morgan fingerprint density at radius 2 is 1.66 bits per heavy atom. The lowest BCUT2D eigenvalue weighted by Gasteiger charge is -2.08. The molecule has 5 aromatic rings. The average Bonchev–Trinajstić information content (AvgIpc) is 3.43. The zero-order valence-corrected chi connectivity index (χ0v) is 20.7. The van der Waals surface area contributed by atoms with Crippen molar-refractivity contribution in [3.63, 3.8) is 0 Å². The number of ketones is 1. The summed E-state index contributed by atoms with van der Waals surface area (Å²) in [5.74, 6) is 0.731. The molecule has 3 aromatic carbocycles. The fourth-order valence-corrected chi connectivity index (χ4v) is 4.33.